The third-order valence-electron chi connectivity index (χ3n) is 4.87. The summed E-state index contributed by atoms with van der Waals surface area (Å²) < 4.78 is 0. The molecule has 26 heavy (non-hydrogen) atoms. The first-order chi connectivity index (χ1) is 12.4. The van der Waals surface area contributed by atoms with E-state index in [2.05, 4.69) is 36.9 Å². The van der Waals surface area contributed by atoms with Crippen LogP contribution in [0.3, 0.4) is 0 Å². The number of carbonyl (C=O) groups excluding carboxylic acids is 1. The van der Waals surface area contributed by atoms with Gasteiger partial charge in [0.15, 0.2) is 5.82 Å². The van der Waals surface area contributed by atoms with E-state index in [-0.39, 0.29) is 6.03 Å². The molecular weight excluding hydrogens is 326 g/mol. The highest BCUT2D eigenvalue weighted by Gasteiger charge is 2.24. The Hall–Kier alpha value is -2.63. The first kappa shape index (κ1) is 18.2. The van der Waals surface area contributed by atoms with Crippen molar-refractivity contribution in [3.63, 3.8) is 0 Å². The number of hydrogen-bond donors (Lipinski definition) is 0. The van der Waals surface area contributed by atoms with E-state index in [9.17, 15) is 4.79 Å². The van der Waals surface area contributed by atoms with E-state index in [0.717, 1.165) is 41.6 Å². The molecule has 2 heterocycles. The summed E-state index contributed by atoms with van der Waals surface area (Å²) in [6.45, 7) is 9.16. The fraction of sp³-hybridized carbons (Fsp3) is 0.450. The molecule has 138 valence electrons. The summed E-state index contributed by atoms with van der Waals surface area (Å²) in [5, 5.41) is 0. The maximum absolute atomic E-state index is 12.1. The number of rotatable bonds is 2. The Balaban J connectivity index is 1.86. The molecule has 2 aromatic rings. The molecule has 0 aliphatic carbocycles. The first-order valence-electron chi connectivity index (χ1n) is 9.00. The van der Waals surface area contributed by atoms with Crippen LogP contribution in [0.1, 0.15) is 16.8 Å². The summed E-state index contributed by atoms with van der Waals surface area (Å²) in [5.74, 6) is 1.74. The maximum Gasteiger partial charge on any atom is 0.319 e. The number of hydrogen-bond acceptors (Lipinski definition) is 4. The average Bonchev–Trinajstić information content (AvgIpc) is 2.63. The second kappa shape index (κ2) is 7.32. The van der Waals surface area contributed by atoms with Crippen LogP contribution in [0, 0.1) is 20.8 Å². The summed E-state index contributed by atoms with van der Waals surface area (Å²) in [4.78, 5) is 27.5. The van der Waals surface area contributed by atoms with Gasteiger partial charge in [0.2, 0.25) is 0 Å². The Morgan fingerprint density at radius 3 is 2.35 bits per heavy atom. The number of benzene rings is 1. The first-order valence-corrected chi connectivity index (χ1v) is 9.00. The number of carbonyl (C=O) groups is 1. The van der Waals surface area contributed by atoms with Crippen molar-refractivity contribution in [1.82, 2.24) is 19.8 Å². The van der Waals surface area contributed by atoms with Crippen LogP contribution in [0.25, 0.3) is 11.4 Å². The van der Waals surface area contributed by atoms with Crippen molar-refractivity contribution in [3.8, 4) is 11.4 Å². The molecule has 0 saturated carbocycles. The number of aryl methyl sites for hydroxylation is 2. The van der Waals surface area contributed by atoms with Crippen LogP contribution < -0.4 is 4.90 Å². The normalized spacial score (nSPS) is 14.5. The molecule has 0 unspecified atom stereocenters. The molecule has 1 aromatic carbocycles. The molecular formula is C20H27N5O. The molecule has 1 fully saturated rings. The van der Waals surface area contributed by atoms with Gasteiger partial charge < -0.3 is 14.7 Å². The zero-order valence-electron chi connectivity index (χ0n) is 16.3. The molecule has 0 radical (unpaired) electrons. The predicted octanol–water partition coefficient (Wildman–Crippen LogP) is 2.87. The van der Waals surface area contributed by atoms with Gasteiger partial charge in [0.1, 0.15) is 5.82 Å². The third-order valence-corrected chi connectivity index (χ3v) is 4.87. The Morgan fingerprint density at radius 1 is 1.04 bits per heavy atom. The molecule has 6 heteroatoms. The molecule has 1 aromatic heterocycles. The Morgan fingerprint density at radius 2 is 1.73 bits per heavy atom. The van der Waals surface area contributed by atoms with Gasteiger partial charge in [-0.15, -0.1) is 0 Å². The molecule has 0 spiro atoms. The highest BCUT2D eigenvalue weighted by atomic mass is 16.2. The van der Waals surface area contributed by atoms with E-state index < -0.39 is 0 Å². The number of anilines is 1. The Kier molecular flexibility index (Phi) is 5.11. The van der Waals surface area contributed by atoms with E-state index in [1.54, 1.807) is 19.0 Å². The smallest absolute Gasteiger partial charge is 0.319 e. The number of aromatic nitrogens is 2. The lowest BCUT2D eigenvalue weighted by Crippen LogP contribution is -2.51. The van der Waals surface area contributed by atoms with E-state index in [1.165, 1.54) is 5.56 Å². The average molecular weight is 353 g/mol. The summed E-state index contributed by atoms with van der Waals surface area (Å²) >= 11 is 0. The molecule has 3 rings (SSSR count). The molecule has 2 amide bonds. The summed E-state index contributed by atoms with van der Waals surface area (Å²) in [5.41, 5.74) is 4.34. The van der Waals surface area contributed by atoms with Crippen molar-refractivity contribution in [1.29, 1.82) is 0 Å². The van der Waals surface area contributed by atoms with Gasteiger partial charge in [-0.3, -0.25) is 0 Å². The minimum atomic E-state index is 0.0701. The van der Waals surface area contributed by atoms with Crippen LogP contribution >= 0.6 is 0 Å². The monoisotopic (exact) mass is 353 g/mol. The van der Waals surface area contributed by atoms with Gasteiger partial charge in [0.05, 0.1) is 0 Å². The summed E-state index contributed by atoms with van der Waals surface area (Å²) in [6, 6.07) is 8.34. The van der Waals surface area contributed by atoms with E-state index in [1.807, 2.05) is 17.9 Å². The zero-order chi connectivity index (χ0) is 18.8. The SMILES string of the molecule is Cc1cccc(-c2nc(C)c(C)c(N3CCN(C(=O)N(C)C)CC3)n2)c1. The van der Waals surface area contributed by atoms with Crippen LogP contribution in [0.5, 0.6) is 0 Å². The topological polar surface area (TPSA) is 52.6 Å². The minimum absolute atomic E-state index is 0.0701. The van der Waals surface area contributed by atoms with Crippen molar-refractivity contribution < 1.29 is 4.79 Å². The number of urea groups is 1. The second-order valence-electron chi connectivity index (χ2n) is 7.10. The molecule has 6 nitrogen and oxygen atoms in total. The van der Waals surface area contributed by atoms with Crippen molar-refractivity contribution in [2.45, 2.75) is 20.8 Å². The molecule has 1 aliphatic heterocycles. The number of nitrogens with zero attached hydrogens (tertiary/aromatic N) is 5. The highest BCUT2D eigenvalue weighted by molar-refractivity contribution is 5.74. The van der Waals surface area contributed by atoms with Gasteiger partial charge >= 0.3 is 6.03 Å². The lowest BCUT2D eigenvalue weighted by Gasteiger charge is -2.37. The van der Waals surface area contributed by atoms with E-state index in [0.29, 0.717) is 13.1 Å². The maximum atomic E-state index is 12.1. The van der Waals surface area contributed by atoms with Crippen molar-refractivity contribution >= 4 is 11.8 Å². The standard InChI is InChI=1S/C20H27N5O/c1-14-7-6-8-17(13-14)18-21-16(3)15(2)19(22-18)24-9-11-25(12-10-24)20(26)23(4)5/h6-8,13H,9-12H2,1-5H3. The van der Waals surface area contributed by atoms with Crippen LogP contribution in [0.2, 0.25) is 0 Å². The quantitative estimate of drug-likeness (QED) is 0.833. The van der Waals surface area contributed by atoms with E-state index in [4.69, 9.17) is 9.97 Å². The summed E-state index contributed by atoms with van der Waals surface area (Å²) in [7, 11) is 3.58. The minimum Gasteiger partial charge on any atom is -0.353 e. The lowest BCUT2D eigenvalue weighted by molar-refractivity contribution is 0.168. The number of piperazine rings is 1. The summed E-state index contributed by atoms with van der Waals surface area (Å²) in [6.07, 6.45) is 0. The van der Waals surface area contributed by atoms with Gasteiger partial charge in [-0.05, 0) is 26.8 Å². The van der Waals surface area contributed by atoms with E-state index >= 15 is 0 Å². The van der Waals surface area contributed by atoms with Crippen LogP contribution in [0.15, 0.2) is 24.3 Å². The van der Waals surface area contributed by atoms with Crippen molar-refractivity contribution in [3.05, 3.63) is 41.1 Å². The number of amides is 2. The third kappa shape index (κ3) is 3.64. The predicted molar refractivity (Wildman–Crippen MR) is 105 cm³/mol. The van der Waals surface area contributed by atoms with Crippen LogP contribution in [-0.2, 0) is 0 Å². The molecule has 0 N–H and O–H groups in total. The molecule has 0 atom stereocenters. The van der Waals surface area contributed by atoms with Gasteiger partial charge in [0, 0.05) is 57.1 Å². The Labute approximate surface area is 155 Å². The zero-order valence-corrected chi connectivity index (χ0v) is 16.3. The van der Waals surface area contributed by atoms with Gasteiger partial charge in [0.25, 0.3) is 0 Å². The van der Waals surface area contributed by atoms with Gasteiger partial charge in [-0.2, -0.15) is 0 Å². The molecule has 0 bridgehead atoms. The van der Waals surface area contributed by atoms with Crippen molar-refractivity contribution in [2.24, 2.45) is 0 Å². The fourth-order valence-corrected chi connectivity index (χ4v) is 3.23. The Bertz CT molecular complexity index is 810. The second-order valence-corrected chi connectivity index (χ2v) is 7.10. The van der Waals surface area contributed by atoms with Gasteiger partial charge in [-0.25, -0.2) is 14.8 Å². The van der Waals surface area contributed by atoms with Crippen LogP contribution in [0.4, 0.5) is 10.6 Å². The molecule has 1 aliphatic rings. The van der Waals surface area contributed by atoms with Gasteiger partial charge in [-0.1, -0.05) is 23.8 Å². The molecule has 1 saturated heterocycles. The van der Waals surface area contributed by atoms with Crippen molar-refractivity contribution in [2.75, 3.05) is 45.2 Å². The van der Waals surface area contributed by atoms with Crippen LogP contribution in [-0.4, -0.2) is 66.1 Å². The highest BCUT2D eigenvalue weighted by Crippen LogP contribution is 2.26. The fourth-order valence-electron chi connectivity index (χ4n) is 3.23. The lowest BCUT2D eigenvalue weighted by atomic mass is 10.1. The largest absolute Gasteiger partial charge is 0.353 e.